The smallest absolute Gasteiger partial charge is 0.248 e. The number of methoxy groups -OCH3 is 1. The number of piperidine rings is 1. The maximum Gasteiger partial charge on any atom is 0.248 e. The number of aryl methyl sites for hydroxylation is 2. The van der Waals surface area contributed by atoms with Crippen molar-refractivity contribution in [2.24, 2.45) is 5.92 Å². The van der Waals surface area contributed by atoms with Crippen LogP contribution in [0.2, 0.25) is 0 Å². The Morgan fingerprint density at radius 3 is 2.37 bits per heavy atom. The molecular formula is C32H47N5O4. The SMILES string of the molecule is CCCCN1C(=O)[C@@H]([C@H](O)C2CCCCC2)NC(=O)C12CCN(C(c1ccc(OC)cc1)c1c(C)n[nH]c1C)CC2. The van der Waals surface area contributed by atoms with Gasteiger partial charge in [0, 0.05) is 30.9 Å². The zero-order valence-electron chi connectivity index (χ0n) is 25.1. The van der Waals surface area contributed by atoms with Crippen LogP contribution in [-0.2, 0) is 9.59 Å². The number of aromatic nitrogens is 2. The van der Waals surface area contributed by atoms with E-state index in [4.69, 9.17) is 4.74 Å². The molecule has 9 nitrogen and oxygen atoms in total. The van der Waals surface area contributed by atoms with Crippen LogP contribution in [0.5, 0.6) is 5.75 Å². The number of hydrogen-bond donors (Lipinski definition) is 3. The number of benzene rings is 1. The average Bonchev–Trinajstić information content (AvgIpc) is 3.33. The Bertz CT molecular complexity index is 1180. The van der Waals surface area contributed by atoms with E-state index in [9.17, 15) is 14.7 Å². The van der Waals surface area contributed by atoms with E-state index in [1.807, 2.05) is 24.0 Å². The number of aliphatic hydroxyl groups is 1. The number of nitrogens with one attached hydrogen (secondary N) is 2. The Kier molecular flexibility index (Phi) is 9.04. The normalized spacial score (nSPS) is 23.4. The van der Waals surface area contributed by atoms with Gasteiger partial charge in [-0.05, 0) is 69.6 Å². The summed E-state index contributed by atoms with van der Waals surface area (Å²) in [7, 11) is 1.67. The van der Waals surface area contributed by atoms with Gasteiger partial charge < -0.3 is 20.1 Å². The Morgan fingerprint density at radius 1 is 1.10 bits per heavy atom. The van der Waals surface area contributed by atoms with Crippen molar-refractivity contribution in [2.45, 2.75) is 102 Å². The first-order valence-electron chi connectivity index (χ1n) is 15.5. The molecule has 1 aromatic carbocycles. The van der Waals surface area contributed by atoms with E-state index >= 15 is 0 Å². The van der Waals surface area contributed by atoms with Gasteiger partial charge >= 0.3 is 0 Å². The molecule has 1 unspecified atom stereocenters. The second-order valence-electron chi connectivity index (χ2n) is 12.3. The maximum absolute atomic E-state index is 14.0. The lowest BCUT2D eigenvalue weighted by atomic mass is 9.77. The third kappa shape index (κ3) is 5.63. The monoisotopic (exact) mass is 565 g/mol. The van der Waals surface area contributed by atoms with Crippen LogP contribution in [-0.4, -0.2) is 81.3 Å². The maximum atomic E-state index is 14.0. The van der Waals surface area contributed by atoms with Gasteiger partial charge in [0.15, 0.2) is 0 Å². The zero-order valence-corrected chi connectivity index (χ0v) is 25.1. The van der Waals surface area contributed by atoms with Gasteiger partial charge in [-0.3, -0.25) is 19.6 Å². The summed E-state index contributed by atoms with van der Waals surface area (Å²) >= 11 is 0. The second-order valence-corrected chi connectivity index (χ2v) is 12.3. The molecule has 1 saturated carbocycles. The van der Waals surface area contributed by atoms with Gasteiger partial charge in [-0.25, -0.2) is 0 Å². The van der Waals surface area contributed by atoms with Crippen molar-refractivity contribution in [3.05, 3.63) is 46.8 Å². The van der Waals surface area contributed by atoms with Crippen molar-refractivity contribution in [3.63, 3.8) is 0 Å². The molecule has 3 fully saturated rings. The number of likely N-dealkylation sites (tertiary alicyclic amines) is 1. The van der Waals surface area contributed by atoms with Crippen LogP contribution in [0.25, 0.3) is 0 Å². The summed E-state index contributed by atoms with van der Waals surface area (Å²) in [5.41, 5.74) is 3.37. The third-order valence-corrected chi connectivity index (χ3v) is 9.85. The van der Waals surface area contributed by atoms with Crippen LogP contribution in [0.15, 0.2) is 24.3 Å². The number of H-pyrrole nitrogens is 1. The van der Waals surface area contributed by atoms with Gasteiger partial charge in [-0.1, -0.05) is 44.7 Å². The van der Waals surface area contributed by atoms with E-state index in [2.05, 4.69) is 46.4 Å². The largest absolute Gasteiger partial charge is 0.497 e. The van der Waals surface area contributed by atoms with E-state index in [0.29, 0.717) is 32.5 Å². The van der Waals surface area contributed by atoms with Gasteiger partial charge in [0.25, 0.3) is 0 Å². The molecule has 2 aliphatic heterocycles. The minimum absolute atomic E-state index is 0.0377. The molecule has 9 heteroatoms. The van der Waals surface area contributed by atoms with Crippen molar-refractivity contribution in [2.75, 3.05) is 26.7 Å². The number of nitrogens with zero attached hydrogens (tertiary/aromatic N) is 3. The number of unbranched alkanes of at least 4 members (excludes halogenated alkanes) is 1. The first kappa shape index (κ1) is 29.6. The molecule has 3 aliphatic rings. The molecule has 1 aliphatic carbocycles. The van der Waals surface area contributed by atoms with Gasteiger partial charge in [0.2, 0.25) is 11.8 Å². The summed E-state index contributed by atoms with van der Waals surface area (Å²) in [6.07, 6.45) is 7.16. The summed E-state index contributed by atoms with van der Waals surface area (Å²) in [4.78, 5) is 32.3. The number of carbonyl (C=O) groups excluding carboxylic acids is 2. The lowest BCUT2D eigenvalue weighted by molar-refractivity contribution is -0.166. The molecular weight excluding hydrogens is 518 g/mol. The highest BCUT2D eigenvalue weighted by Crippen LogP contribution is 2.41. The van der Waals surface area contributed by atoms with Crippen LogP contribution >= 0.6 is 0 Å². The predicted molar refractivity (Wildman–Crippen MR) is 158 cm³/mol. The van der Waals surface area contributed by atoms with Crippen molar-refractivity contribution in [1.29, 1.82) is 0 Å². The first-order valence-corrected chi connectivity index (χ1v) is 15.5. The van der Waals surface area contributed by atoms with Crippen molar-refractivity contribution in [1.82, 2.24) is 25.3 Å². The number of rotatable bonds is 9. The molecule has 2 amide bonds. The fourth-order valence-corrected chi connectivity index (χ4v) is 7.42. The van der Waals surface area contributed by atoms with Gasteiger partial charge in [-0.15, -0.1) is 0 Å². The molecule has 5 rings (SSSR count). The highest BCUT2D eigenvalue weighted by Gasteiger charge is 2.55. The number of amides is 2. The standard InChI is InChI=1S/C32H47N5O4/c1-5-6-18-37-30(39)27(29(38)24-10-8-7-9-11-24)33-31(40)32(37)16-19-36(20-17-32)28(26-21(2)34-35-22(26)3)23-12-14-25(41-4)15-13-23/h12-15,24,27-29,38H,5-11,16-20H2,1-4H3,(H,33,40)(H,34,35)/t27-,28?,29-/m1/s1. The Labute approximate surface area is 244 Å². The summed E-state index contributed by atoms with van der Waals surface area (Å²) in [6, 6.07) is 7.27. The van der Waals surface area contributed by atoms with Gasteiger partial charge in [0.1, 0.15) is 17.3 Å². The predicted octanol–water partition coefficient (Wildman–Crippen LogP) is 4.03. The number of hydrogen-bond acceptors (Lipinski definition) is 6. The summed E-state index contributed by atoms with van der Waals surface area (Å²) in [5.74, 6) is 0.649. The lowest BCUT2D eigenvalue weighted by Crippen LogP contribution is -2.75. The van der Waals surface area contributed by atoms with Crippen LogP contribution in [0.1, 0.15) is 93.3 Å². The topological polar surface area (TPSA) is 111 Å². The molecule has 1 aromatic heterocycles. The molecule has 0 radical (unpaired) electrons. The second kappa shape index (κ2) is 12.5. The van der Waals surface area contributed by atoms with Crippen molar-refractivity contribution in [3.8, 4) is 5.75 Å². The number of aliphatic hydroxyl groups excluding tert-OH is 1. The van der Waals surface area contributed by atoms with Crippen LogP contribution < -0.4 is 10.1 Å². The molecule has 3 heterocycles. The minimum atomic E-state index is -0.892. The molecule has 1 spiro atoms. The van der Waals surface area contributed by atoms with Crippen LogP contribution in [0.4, 0.5) is 0 Å². The van der Waals surface area contributed by atoms with Crippen molar-refractivity contribution >= 4 is 11.8 Å². The highest BCUT2D eigenvalue weighted by molar-refractivity contribution is 6.00. The number of piperazine rings is 1. The minimum Gasteiger partial charge on any atom is -0.497 e. The highest BCUT2D eigenvalue weighted by atomic mass is 16.5. The summed E-state index contributed by atoms with van der Waals surface area (Å²) in [5, 5.41) is 21.9. The van der Waals surface area contributed by atoms with E-state index in [1.165, 1.54) is 6.42 Å². The fraction of sp³-hybridized carbons (Fsp3) is 0.656. The fourth-order valence-electron chi connectivity index (χ4n) is 7.42. The molecule has 0 bridgehead atoms. The quantitative estimate of drug-likeness (QED) is 0.424. The molecule has 3 atom stereocenters. The van der Waals surface area contributed by atoms with E-state index in [1.54, 1.807) is 7.11 Å². The summed E-state index contributed by atoms with van der Waals surface area (Å²) in [6.45, 7) is 8.03. The number of carbonyl (C=O) groups is 2. The number of ether oxygens (including phenoxy) is 1. The molecule has 2 saturated heterocycles. The Morgan fingerprint density at radius 2 is 1.78 bits per heavy atom. The average molecular weight is 566 g/mol. The van der Waals surface area contributed by atoms with Crippen molar-refractivity contribution < 1.29 is 19.4 Å². The van der Waals surface area contributed by atoms with Gasteiger partial charge in [0.05, 0.1) is 24.9 Å². The van der Waals surface area contributed by atoms with Gasteiger partial charge in [-0.2, -0.15) is 5.10 Å². The summed E-state index contributed by atoms with van der Waals surface area (Å²) < 4.78 is 5.41. The van der Waals surface area contributed by atoms with E-state index in [0.717, 1.165) is 66.8 Å². The zero-order chi connectivity index (χ0) is 29.1. The first-order chi connectivity index (χ1) is 19.8. The van der Waals surface area contributed by atoms with E-state index in [-0.39, 0.29) is 23.8 Å². The van der Waals surface area contributed by atoms with Crippen LogP contribution in [0, 0.1) is 19.8 Å². The van der Waals surface area contributed by atoms with E-state index < -0.39 is 17.7 Å². The molecule has 41 heavy (non-hydrogen) atoms. The van der Waals surface area contributed by atoms with Crippen LogP contribution in [0.3, 0.4) is 0 Å². The molecule has 3 N–H and O–H groups in total. The molecule has 224 valence electrons. The lowest BCUT2D eigenvalue weighted by Gasteiger charge is -2.53. The third-order valence-electron chi connectivity index (χ3n) is 9.85. The Balaban J connectivity index is 1.40. The Hall–Kier alpha value is -2.91. The number of aromatic amines is 1. The molecule has 2 aromatic rings.